The second kappa shape index (κ2) is 59.9. The maximum absolute atomic E-state index is 12.5. The molecule has 0 radical (unpaired) electrons. The molecule has 0 aliphatic heterocycles. The average molecular weight is 987 g/mol. The zero-order chi connectivity index (χ0) is 50.7. The van der Waals surface area contributed by atoms with Gasteiger partial charge in [-0.15, -0.1) is 0 Å². The SMILES string of the molecule is CCCCCCCC/C=C\CCCCCCCCCC(=O)OCCCCCC/C=C\CCCCCCCCCC(=O)NC(CO)C(O)CCCCCCCCCCCCCCCCCCCCCCC. The Balaban J connectivity index is 3.46. The Hall–Kier alpha value is -1.66. The van der Waals surface area contributed by atoms with Gasteiger partial charge >= 0.3 is 5.97 Å². The molecule has 2 unspecified atom stereocenters. The standard InChI is InChI=1S/C64H123NO5/c1-3-5-7-9-11-13-15-17-19-21-22-23-24-26-28-32-36-40-44-48-52-56-62(67)61(60-66)65-63(68)57-53-49-45-41-37-33-29-27-31-35-39-43-47-51-55-59-70-64(69)58-54-50-46-42-38-34-30-25-20-18-16-14-12-10-8-6-4-2/h18,20,31,35,61-62,66-67H,3-17,19,21-30,32-34,36-60H2,1-2H3,(H,65,68)/b20-18-,35-31-. The number of nitrogens with one attached hydrogen (secondary N) is 1. The van der Waals surface area contributed by atoms with Gasteiger partial charge in [0.1, 0.15) is 0 Å². The molecule has 0 aromatic heterocycles. The Morgan fingerprint density at radius 2 is 0.671 bits per heavy atom. The van der Waals surface area contributed by atoms with Crippen LogP contribution in [0.15, 0.2) is 24.3 Å². The summed E-state index contributed by atoms with van der Waals surface area (Å²) in [5.41, 5.74) is 0. The number of carbonyl (C=O) groups is 2. The first-order valence-electron chi connectivity index (χ1n) is 31.6. The number of esters is 1. The van der Waals surface area contributed by atoms with Crippen LogP contribution >= 0.6 is 0 Å². The number of hydrogen-bond donors (Lipinski definition) is 3. The van der Waals surface area contributed by atoms with Crippen molar-refractivity contribution >= 4 is 11.9 Å². The van der Waals surface area contributed by atoms with E-state index in [0.717, 1.165) is 70.6 Å². The van der Waals surface area contributed by atoms with Crippen LogP contribution in [0.2, 0.25) is 0 Å². The molecule has 1 amide bonds. The highest BCUT2D eigenvalue weighted by Crippen LogP contribution is 2.18. The molecule has 0 bridgehead atoms. The van der Waals surface area contributed by atoms with E-state index >= 15 is 0 Å². The maximum Gasteiger partial charge on any atom is 0.305 e. The van der Waals surface area contributed by atoms with Gasteiger partial charge in [-0.2, -0.15) is 0 Å². The number of amides is 1. The summed E-state index contributed by atoms with van der Waals surface area (Å²) >= 11 is 0. The van der Waals surface area contributed by atoms with Crippen LogP contribution in [0.25, 0.3) is 0 Å². The molecule has 0 saturated carbocycles. The maximum atomic E-state index is 12.5. The Bertz CT molecular complexity index is 1090. The molecule has 0 heterocycles. The van der Waals surface area contributed by atoms with E-state index in [1.54, 1.807) is 0 Å². The number of rotatable bonds is 59. The molecule has 0 fully saturated rings. The van der Waals surface area contributed by atoms with Crippen LogP contribution in [-0.4, -0.2) is 47.4 Å². The fourth-order valence-electron chi connectivity index (χ4n) is 9.87. The molecule has 2 atom stereocenters. The van der Waals surface area contributed by atoms with E-state index < -0.39 is 12.1 Å². The minimum Gasteiger partial charge on any atom is -0.466 e. The van der Waals surface area contributed by atoms with Crippen molar-refractivity contribution in [2.75, 3.05) is 13.2 Å². The summed E-state index contributed by atoms with van der Waals surface area (Å²) in [5.74, 6) is -0.0595. The van der Waals surface area contributed by atoms with Gasteiger partial charge in [-0.1, -0.05) is 282 Å². The lowest BCUT2D eigenvalue weighted by atomic mass is 10.0. The highest BCUT2D eigenvalue weighted by atomic mass is 16.5. The van der Waals surface area contributed by atoms with Crippen LogP contribution in [-0.2, 0) is 14.3 Å². The van der Waals surface area contributed by atoms with Crippen molar-refractivity contribution in [1.29, 1.82) is 0 Å². The van der Waals surface area contributed by atoms with Crippen molar-refractivity contribution in [1.82, 2.24) is 5.32 Å². The molecule has 0 saturated heterocycles. The average Bonchev–Trinajstić information content (AvgIpc) is 3.36. The number of hydrogen-bond acceptors (Lipinski definition) is 5. The van der Waals surface area contributed by atoms with E-state index in [4.69, 9.17) is 4.74 Å². The van der Waals surface area contributed by atoms with Crippen LogP contribution in [0.1, 0.15) is 348 Å². The van der Waals surface area contributed by atoms with E-state index in [2.05, 4.69) is 43.5 Å². The molecule has 3 N–H and O–H groups in total. The summed E-state index contributed by atoms with van der Waals surface area (Å²) in [4.78, 5) is 24.6. The van der Waals surface area contributed by atoms with Crippen LogP contribution in [0.3, 0.4) is 0 Å². The predicted molar refractivity (Wildman–Crippen MR) is 306 cm³/mol. The number of allylic oxidation sites excluding steroid dienone is 4. The highest BCUT2D eigenvalue weighted by Gasteiger charge is 2.20. The first kappa shape index (κ1) is 68.3. The minimum absolute atomic E-state index is 0.0125. The Kier molecular flexibility index (Phi) is 58.5. The van der Waals surface area contributed by atoms with Crippen molar-refractivity contribution in [2.24, 2.45) is 0 Å². The molecule has 0 spiro atoms. The second-order valence-electron chi connectivity index (χ2n) is 21.7. The molecular formula is C64H123NO5. The Labute approximate surface area is 437 Å². The molecule has 0 aliphatic rings. The van der Waals surface area contributed by atoms with E-state index in [1.807, 2.05) is 0 Å². The van der Waals surface area contributed by atoms with Crippen molar-refractivity contribution in [3.05, 3.63) is 24.3 Å². The van der Waals surface area contributed by atoms with E-state index in [1.165, 1.54) is 244 Å². The number of ether oxygens (including phenoxy) is 1. The second-order valence-corrected chi connectivity index (χ2v) is 21.7. The summed E-state index contributed by atoms with van der Waals surface area (Å²) in [6, 6.07) is -0.554. The molecule has 414 valence electrons. The summed E-state index contributed by atoms with van der Waals surface area (Å²) in [7, 11) is 0. The van der Waals surface area contributed by atoms with Gasteiger partial charge in [0.05, 0.1) is 25.4 Å². The van der Waals surface area contributed by atoms with Crippen molar-refractivity contribution in [3.63, 3.8) is 0 Å². The van der Waals surface area contributed by atoms with E-state index in [9.17, 15) is 19.8 Å². The van der Waals surface area contributed by atoms with E-state index in [-0.39, 0.29) is 18.5 Å². The number of aliphatic hydroxyl groups is 2. The summed E-state index contributed by atoms with van der Waals surface area (Å²) in [5, 5.41) is 23.4. The van der Waals surface area contributed by atoms with Crippen LogP contribution in [0, 0.1) is 0 Å². The third-order valence-corrected chi connectivity index (χ3v) is 14.7. The molecule has 0 aromatic carbocycles. The van der Waals surface area contributed by atoms with Gasteiger partial charge in [-0.3, -0.25) is 9.59 Å². The zero-order valence-corrected chi connectivity index (χ0v) is 47.3. The highest BCUT2D eigenvalue weighted by molar-refractivity contribution is 5.76. The van der Waals surface area contributed by atoms with Gasteiger partial charge in [0.15, 0.2) is 0 Å². The Morgan fingerprint density at radius 3 is 1.01 bits per heavy atom. The topological polar surface area (TPSA) is 95.9 Å². The molecular weight excluding hydrogens is 863 g/mol. The third-order valence-electron chi connectivity index (χ3n) is 14.7. The minimum atomic E-state index is -0.675. The fourth-order valence-corrected chi connectivity index (χ4v) is 9.87. The number of unbranched alkanes of at least 4 members (excludes halogenated alkanes) is 44. The zero-order valence-electron chi connectivity index (χ0n) is 47.3. The van der Waals surface area contributed by atoms with Gasteiger partial charge in [0.2, 0.25) is 5.91 Å². The van der Waals surface area contributed by atoms with Crippen molar-refractivity contribution in [2.45, 2.75) is 360 Å². The lowest BCUT2D eigenvalue weighted by Gasteiger charge is -2.22. The largest absolute Gasteiger partial charge is 0.466 e. The Morgan fingerprint density at radius 1 is 0.386 bits per heavy atom. The molecule has 6 heteroatoms. The number of aliphatic hydroxyl groups excluding tert-OH is 2. The van der Waals surface area contributed by atoms with Crippen molar-refractivity contribution in [3.8, 4) is 0 Å². The van der Waals surface area contributed by atoms with E-state index in [0.29, 0.717) is 25.9 Å². The van der Waals surface area contributed by atoms with Crippen LogP contribution < -0.4 is 5.32 Å². The van der Waals surface area contributed by atoms with Crippen LogP contribution in [0.5, 0.6) is 0 Å². The third kappa shape index (κ3) is 55.7. The van der Waals surface area contributed by atoms with Gasteiger partial charge < -0.3 is 20.3 Å². The lowest BCUT2D eigenvalue weighted by molar-refractivity contribution is -0.143. The summed E-state index contributed by atoms with van der Waals surface area (Å²) in [6.45, 7) is 4.94. The molecule has 6 nitrogen and oxygen atoms in total. The first-order chi connectivity index (χ1) is 34.5. The normalized spacial score (nSPS) is 12.7. The summed E-state index contributed by atoms with van der Waals surface area (Å²) in [6.07, 6.45) is 73.2. The van der Waals surface area contributed by atoms with Crippen LogP contribution in [0.4, 0.5) is 0 Å². The van der Waals surface area contributed by atoms with Gasteiger partial charge in [-0.05, 0) is 77.0 Å². The quantitative estimate of drug-likeness (QED) is 0.0321. The van der Waals surface area contributed by atoms with Gasteiger partial charge in [0.25, 0.3) is 0 Å². The summed E-state index contributed by atoms with van der Waals surface area (Å²) < 4.78 is 5.47. The van der Waals surface area contributed by atoms with Gasteiger partial charge in [-0.25, -0.2) is 0 Å². The van der Waals surface area contributed by atoms with Crippen molar-refractivity contribution < 1.29 is 24.5 Å². The fraction of sp³-hybridized carbons (Fsp3) is 0.906. The monoisotopic (exact) mass is 986 g/mol. The molecule has 0 aliphatic carbocycles. The number of carbonyl (C=O) groups excluding carboxylic acids is 2. The first-order valence-corrected chi connectivity index (χ1v) is 31.6. The predicted octanol–water partition coefficient (Wildman–Crippen LogP) is 19.8. The molecule has 70 heavy (non-hydrogen) atoms. The smallest absolute Gasteiger partial charge is 0.305 e. The molecule has 0 aromatic rings. The lowest BCUT2D eigenvalue weighted by Crippen LogP contribution is -2.45. The molecule has 0 rings (SSSR count). The van der Waals surface area contributed by atoms with Gasteiger partial charge in [0, 0.05) is 12.8 Å².